The van der Waals surface area contributed by atoms with Crippen LogP contribution in [0.15, 0.2) is 0 Å². The van der Waals surface area contributed by atoms with Crippen LogP contribution in [-0.2, 0) is 6.61 Å². The molecular weight excluding hydrogens is 208 g/mol. The molecule has 0 atom stereocenters. The average Bonchev–Trinajstić information content (AvgIpc) is 2.60. The normalized spacial score (nSPS) is 10.7. The summed E-state index contributed by atoms with van der Waals surface area (Å²) in [4.78, 5) is 7.60. The summed E-state index contributed by atoms with van der Waals surface area (Å²) in [5, 5.41) is 10.1. The predicted molar refractivity (Wildman–Crippen MR) is 65.6 cm³/mol. The van der Waals surface area contributed by atoms with E-state index in [9.17, 15) is 0 Å². The van der Waals surface area contributed by atoms with Crippen molar-refractivity contribution < 1.29 is 5.11 Å². The number of aliphatic hydroxyl groups is 1. The number of hydrogen-bond donors (Lipinski definition) is 1. The van der Waals surface area contributed by atoms with Gasteiger partial charge in [-0.3, -0.25) is 0 Å². The van der Waals surface area contributed by atoms with Crippen molar-refractivity contribution in [3.63, 3.8) is 0 Å². The maximum Gasteiger partial charge on any atom is 0.185 e. The van der Waals surface area contributed by atoms with Gasteiger partial charge in [0.05, 0.1) is 17.2 Å². The standard InChI is InChI=1S/C11H20N2OS/c1-4-5-6-7-13(3)11-12-9(2)10(8-14)15-11/h14H,4-8H2,1-3H3. The molecule has 0 aliphatic heterocycles. The maximum atomic E-state index is 9.08. The van der Waals surface area contributed by atoms with Crippen LogP contribution in [-0.4, -0.2) is 23.7 Å². The second kappa shape index (κ2) is 6.08. The van der Waals surface area contributed by atoms with Crippen LogP contribution < -0.4 is 4.90 Å². The first-order valence-corrected chi connectivity index (χ1v) is 6.29. The lowest BCUT2D eigenvalue weighted by Crippen LogP contribution is -2.18. The van der Waals surface area contributed by atoms with Crippen molar-refractivity contribution in [1.29, 1.82) is 0 Å². The number of aryl methyl sites for hydroxylation is 1. The van der Waals surface area contributed by atoms with Crippen molar-refractivity contribution >= 4 is 16.5 Å². The Morgan fingerprint density at radius 2 is 2.13 bits per heavy atom. The van der Waals surface area contributed by atoms with E-state index in [1.807, 2.05) is 6.92 Å². The molecule has 0 aliphatic rings. The molecular formula is C11H20N2OS. The zero-order valence-electron chi connectivity index (χ0n) is 9.79. The van der Waals surface area contributed by atoms with E-state index in [2.05, 4.69) is 23.9 Å². The van der Waals surface area contributed by atoms with Gasteiger partial charge in [0.25, 0.3) is 0 Å². The molecule has 0 saturated carbocycles. The van der Waals surface area contributed by atoms with Crippen LogP contribution in [0.2, 0.25) is 0 Å². The third kappa shape index (κ3) is 3.47. The largest absolute Gasteiger partial charge is 0.391 e. The first-order chi connectivity index (χ1) is 7.19. The Balaban J connectivity index is 2.53. The highest BCUT2D eigenvalue weighted by atomic mass is 32.1. The number of nitrogens with zero attached hydrogens (tertiary/aromatic N) is 2. The Morgan fingerprint density at radius 3 is 2.67 bits per heavy atom. The molecule has 1 aromatic rings. The van der Waals surface area contributed by atoms with Crippen LogP contribution in [0.25, 0.3) is 0 Å². The number of hydrogen-bond acceptors (Lipinski definition) is 4. The molecule has 0 unspecified atom stereocenters. The molecule has 0 fully saturated rings. The highest BCUT2D eigenvalue weighted by Crippen LogP contribution is 2.25. The minimum absolute atomic E-state index is 0.103. The van der Waals surface area contributed by atoms with Crippen molar-refractivity contribution in [2.75, 3.05) is 18.5 Å². The number of anilines is 1. The molecule has 4 heteroatoms. The fourth-order valence-electron chi connectivity index (χ4n) is 1.42. The van der Waals surface area contributed by atoms with Gasteiger partial charge in [0.1, 0.15) is 0 Å². The molecule has 1 aromatic heterocycles. The van der Waals surface area contributed by atoms with E-state index in [0.717, 1.165) is 22.2 Å². The van der Waals surface area contributed by atoms with Gasteiger partial charge >= 0.3 is 0 Å². The summed E-state index contributed by atoms with van der Waals surface area (Å²) in [5.74, 6) is 0. The number of aromatic nitrogens is 1. The monoisotopic (exact) mass is 228 g/mol. The SMILES string of the molecule is CCCCCN(C)c1nc(C)c(CO)s1. The van der Waals surface area contributed by atoms with Crippen molar-refractivity contribution in [1.82, 2.24) is 4.98 Å². The highest BCUT2D eigenvalue weighted by Gasteiger charge is 2.09. The molecule has 0 radical (unpaired) electrons. The van der Waals surface area contributed by atoms with Crippen LogP contribution in [0.1, 0.15) is 36.8 Å². The van der Waals surface area contributed by atoms with Crippen LogP contribution >= 0.6 is 11.3 Å². The molecule has 0 amide bonds. The molecule has 15 heavy (non-hydrogen) atoms. The summed E-state index contributed by atoms with van der Waals surface area (Å²) in [6.07, 6.45) is 3.72. The molecule has 1 N–H and O–H groups in total. The van der Waals surface area contributed by atoms with E-state index < -0.39 is 0 Å². The summed E-state index contributed by atoms with van der Waals surface area (Å²) >= 11 is 1.59. The van der Waals surface area contributed by atoms with Crippen molar-refractivity contribution in [3.8, 4) is 0 Å². The van der Waals surface area contributed by atoms with Gasteiger partial charge in [0.15, 0.2) is 5.13 Å². The lowest BCUT2D eigenvalue weighted by molar-refractivity contribution is 0.284. The second-order valence-electron chi connectivity index (χ2n) is 3.79. The Morgan fingerprint density at radius 1 is 1.40 bits per heavy atom. The number of rotatable bonds is 6. The van der Waals surface area contributed by atoms with Gasteiger partial charge in [-0.2, -0.15) is 0 Å². The second-order valence-corrected chi connectivity index (χ2v) is 4.85. The molecule has 1 heterocycles. The molecule has 0 aromatic carbocycles. The molecule has 0 saturated heterocycles. The minimum Gasteiger partial charge on any atom is -0.391 e. The first kappa shape index (κ1) is 12.5. The summed E-state index contributed by atoms with van der Waals surface area (Å²) < 4.78 is 0. The quantitative estimate of drug-likeness (QED) is 0.760. The Labute approximate surface area is 95.8 Å². The third-order valence-electron chi connectivity index (χ3n) is 2.45. The molecule has 3 nitrogen and oxygen atoms in total. The van der Waals surface area contributed by atoms with E-state index in [0.29, 0.717) is 0 Å². The summed E-state index contributed by atoms with van der Waals surface area (Å²) in [7, 11) is 2.06. The van der Waals surface area contributed by atoms with Gasteiger partial charge in [0, 0.05) is 13.6 Å². The lowest BCUT2D eigenvalue weighted by Gasteiger charge is -2.14. The van der Waals surface area contributed by atoms with Crippen LogP contribution in [0.5, 0.6) is 0 Å². The fraction of sp³-hybridized carbons (Fsp3) is 0.727. The lowest BCUT2D eigenvalue weighted by atomic mass is 10.2. The first-order valence-electron chi connectivity index (χ1n) is 5.47. The topological polar surface area (TPSA) is 36.4 Å². The number of thiazole rings is 1. The van der Waals surface area contributed by atoms with Crippen molar-refractivity contribution in [2.24, 2.45) is 0 Å². The minimum atomic E-state index is 0.103. The van der Waals surface area contributed by atoms with Gasteiger partial charge < -0.3 is 10.0 Å². The number of unbranched alkanes of at least 4 members (excludes halogenated alkanes) is 2. The molecule has 86 valence electrons. The smallest absolute Gasteiger partial charge is 0.185 e. The maximum absolute atomic E-state index is 9.08. The van der Waals surface area contributed by atoms with Gasteiger partial charge in [-0.15, -0.1) is 0 Å². The van der Waals surface area contributed by atoms with Gasteiger partial charge in [-0.05, 0) is 13.3 Å². The summed E-state index contributed by atoms with van der Waals surface area (Å²) in [6, 6.07) is 0. The number of aliphatic hydroxyl groups excluding tert-OH is 1. The fourth-order valence-corrected chi connectivity index (χ4v) is 2.33. The summed E-state index contributed by atoms with van der Waals surface area (Å²) in [5.41, 5.74) is 0.958. The zero-order chi connectivity index (χ0) is 11.3. The highest BCUT2D eigenvalue weighted by molar-refractivity contribution is 7.15. The van der Waals surface area contributed by atoms with Crippen LogP contribution in [0.4, 0.5) is 5.13 Å². The van der Waals surface area contributed by atoms with E-state index in [1.54, 1.807) is 11.3 Å². The van der Waals surface area contributed by atoms with Crippen molar-refractivity contribution in [3.05, 3.63) is 10.6 Å². The van der Waals surface area contributed by atoms with Gasteiger partial charge in [-0.25, -0.2) is 4.98 Å². The molecule has 0 spiro atoms. The molecule has 0 bridgehead atoms. The van der Waals surface area contributed by atoms with E-state index in [4.69, 9.17) is 5.11 Å². The van der Waals surface area contributed by atoms with Crippen LogP contribution in [0.3, 0.4) is 0 Å². The van der Waals surface area contributed by atoms with E-state index in [-0.39, 0.29) is 6.61 Å². The molecule has 1 rings (SSSR count). The van der Waals surface area contributed by atoms with E-state index >= 15 is 0 Å². The summed E-state index contributed by atoms with van der Waals surface area (Å²) in [6.45, 7) is 5.31. The average molecular weight is 228 g/mol. The van der Waals surface area contributed by atoms with Gasteiger partial charge in [-0.1, -0.05) is 31.1 Å². The Kier molecular flexibility index (Phi) is 5.05. The van der Waals surface area contributed by atoms with Crippen molar-refractivity contribution in [2.45, 2.75) is 39.7 Å². The predicted octanol–water partition coefficient (Wildman–Crippen LogP) is 2.57. The van der Waals surface area contributed by atoms with Gasteiger partial charge in [0.2, 0.25) is 0 Å². The molecule has 0 aliphatic carbocycles. The van der Waals surface area contributed by atoms with E-state index in [1.165, 1.54) is 19.3 Å². The Hall–Kier alpha value is -0.610. The Bertz CT molecular complexity index is 299. The third-order valence-corrected chi connectivity index (χ3v) is 3.71. The van der Waals surface area contributed by atoms with Crippen LogP contribution in [0, 0.1) is 6.92 Å². The zero-order valence-corrected chi connectivity index (χ0v) is 10.6.